The van der Waals surface area contributed by atoms with Crippen molar-refractivity contribution in [2.75, 3.05) is 13.7 Å². The van der Waals surface area contributed by atoms with Gasteiger partial charge in [0.15, 0.2) is 0 Å². The van der Waals surface area contributed by atoms with Crippen molar-refractivity contribution >= 4 is 43.9 Å². The van der Waals surface area contributed by atoms with Crippen LogP contribution in [0.25, 0.3) is 11.0 Å². The van der Waals surface area contributed by atoms with Crippen molar-refractivity contribution in [2.24, 2.45) is 0 Å². The van der Waals surface area contributed by atoms with E-state index in [1.165, 1.54) is 0 Å². The van der Waals surface area contributed by atoms with Crippen LogP contribution < -0.4 is 15.1 Å². The zero-order chi connectivity index (χ0) is 20.2. The second kappa shape index (κ2) is 10.00. The lowest BCUT2D eigenvalue weighted by atomic mass is 10.2. The van der Waals surface area contributed by atoms with E-state index < -0.39 is 0 Å². The molecular weight excluding hydrogens is 510 g/mol. The van der Waals surface area contributed by atoms with Crippen LogP contribution in [0.2, 0.25) is 0 Å². The predicted octanol–water partition coefficient (Wildman–Crippen LogP) is 5.40. The molecule has 0 aliphatic heterocycles. The van der Waals surface area contributed by atoms with Gasteiger partial charge in [-0.15, -0.1) is 17.0 Å². The van der Waals surface area contributed by atoms with E-state index in [2.05, 4.69) is 40.2 Å². The molecule has 0 saturated carbocycles. The Morgan fingerprint density at radius 1 is 0.833 bits per heavy atom. The summed E-state index contributed by atoms with van der Waals surface area (Å²) in [5.74, 6) is 1.59. The zero-order valence-electron chi connectivity index (χ0n) is 16.5. The molecule has 0 aliphatic rings. The Labute approximate surface area is 194 Å². The summed E-state index contributed by atoms with van der Waals surface area (Å²) in [6, 6.07) is 23.9. The summed E-state index contributed by atoms with van der Waals surface area (Å²) in [5.41, 5.74) is 3.70. The molecule has 1 N–H and O–H groups in total. The highest BCUT2D eigenvalue weighted by atomic mass is 79.9. The minimum absolute atomic E-state index is 0. The molecule has 1 aromatic heterocycles. The van der Waals surface area contributed by atoms with E-state index >= 15 is 0 Å². The van der Waals surface area contributed by atoms with E-state index in [9.17, 15) is 0 Å². The third-order valence-electron chi connectivity index (χ3n) is 4.87. The van der Waals surface area contributed by atoms with Crippen LogP contribution >= 0.6 is 32.9 Å². The molecule has 5 nitrogen and oxygen atoms in total. The van der Waals surface area contributed by atoms with E-state index in [4.69, 9.17) is 14.9 Å². The number of rotatable bonds is 7. The van der Waals surface area contributed by atoms with Gasteiger partial charge in [0.05, 0.1) is 31.2 Å². The van der Waals surface area contributed by atoms with Gasteiger partial charge in [-0.3, -0.25) is 5.41 Å². The molecule has 7 heteroatoms. The second-order valence-electron chi connectivity index (χ2n) is 6.70. The SMILES string of the molecule is Br.COc1ccc(OCCn2c(=N)n(Cc3ccc(Br)cc3)c3ccccc32)cc1. The monoisotopic (exact) mass is 531 g/mol. The summed E-state index contributed by atoms with van der Waals surface area (Å²) >= 11 is 3.48. The van der Waals surface area contributed by atoms with E-state index in [1.807, 2.05) is 57.7 Å². The number of aromatic nitrogens is 2. The lowest BCUT2D eigenvalue weighted by molar-refractivity contribution is 0.296. The van der Waals surface area contributed by atoms with Crippen molar-refractivity contribution in [2.45, 2.75) is 13.1 Å². The lowest BCUT2D eigenvalue weighted by Gasteiger charge is -2.09. The normalized spacial score (nSPS) is 10.6. The quantitative estimate of drug-likeness (QED) is 0.346. The van der Waals surface area contributed by atoms with Gasteiger partial charge in [-0.1, -0.05) is 40.2 Å². The summed E-state index contributed by atoms with van der Waals surface area (Å²) in [6.07, 6.45) is 0. The standard InChI is InChI=1S/C23H22BrN3O2.BrH/c1-28-19-10-12-20(13-11-19)29-15-14-26-21-4-2-3-5-22(21)27(23(26)25)16-17-6-8-18(24)9-7-17;/h2-13,25H,14-16H2,1H3;1H. The minimum atomic E-state index is 0. The Hall–Kier alpha value is -2.51. The van der Waals surface area contributed by atoms with Crippen LogP contribution in [0.15, 0.2) is 77.3 Å². The van der Waals surface area contributed by atoms with Crippen molar-refractivity contribution in [3.63, 3.8) is 0 Å². The minimum Gasteiger partial charge on any atom is -0.497 e. The van der Waals surface area contributed by atoms with Gasteiger partial charge in [0.2, 0.25) is 5.62 Å². The van der Waals surface area contributed by atoms with E-state index in [-0.39, 0.29) is 17.0 Å². The molecular formula is C23H23Br2N3O2. The first-order valence-electron chi connectivity index (χ1n) is 9.39. The van der Waals surface area contributed by atoms with Gasteiger partial charge in [-0.25, -0.2) is 0 Å². The summed E-state index contributed by atoms with van der Waals surface area (Å²) < 4.78 is 16.1. The zero-order valence-corrected chi connectivity index (χ0v) is 19.8. The van der Waals surface area contributed by atoms with Crippen molar-refractivity contribution in [1.29, 1.82) is 5.41 Å². The van der Waals surface area contributed by atoms with Gasteiger partial charge in [0, 0.05) is 4.47 Å². The number of nitrogens with one attached hydrogen (secondary N) is 1. The number of methoxy groups -OCH3 is 1. The van der Waals surface area contributed by atoms with E-state index in [0.29, 0.717) is 25.3 Å². The lowest BCUT2D eigenvalue weighted by Crippen LogP contribution is -2.27. The van der Waals surface area contributed by atoms with Gasteiger partial charge in [-0.2, -0.15) is 0 Å². The largest absolute Gasteiger partial charge is 0.497 e. The molecule has 3 aromatic carbocycles. The maximum absolute atomic E-state index is 8.75. The van der Waals surface area contributed by atoms with Gasteiger partial charge < -0.3 is 18.6 Å². The smallest absolute Gasteiger partial charge is 0.203 e. The molecule has 0 saturated heterocycles. The average molecular weight is 533 g/mol. The first-order valence-corrected chi connectivity index (χ1v) is 10.2. The van der Waals surface area contributed by atoms with Gasteiger partial charge in [0.25, 0.3) is 0 Å². The number of para-hydroxylation sites is 2. The Morgan fingerprint density at radius 3 is 2.07 bits per heavy atom. The number of halogens is 2. The fourth-order valence-electron chi connectivity index (χ4n) is 3.38. The molecule has 1 heterocycles. The molecule has 4 rings (SSSR count). The number of ether oxygens (including phenoxy) is 2. The van der Waals surface area contributed by atoms with Crippen molar-refractivity contribution in [3.05, 3.63) is 88.5 Å². The highest BCUT2D eigenvalue weighted by Crippen LogP contribution is 2.18. The number of hydrogen-bond acceptors (Lipinski definition) is 3. The fraction of sp³-hybridized carbons (Fsp3) is 0.174. The first-order chi connectivity index (χ1) is 14.2. The highest BCUT2D eigenvalue weighted by molar-refractivity contribution is 9.10. The molecule has 0 atom stereocenters. The topological polar surface area (TPSA) is 52.2 Å². The number of nitrogens with zero attached hydrogens (tertiary/aromatic N) is 2. The van der Waals surface area contributed by atoms with Crippen LogP contribution in [-0.4, -0.2) is 22.9 Å². The van der Waals surface area contributed by atoms with Crippen LogP contribution in [0.4, 0.5) is 0 Å². The number of benzene rings is 3. The number of imidazole rings is 1. The Kier molecular flexibility index (Phi) is 7.39. The van der Waals surface area contributed by atoms with Crippen molar-refractivity contribution < 1.29 is 9.47 Å². The number of fused-ring (bicyclic) bond motifs is 1. The molecule has 0 aliphatic carbocycles. The van der Waals surface area contributed by atoms with Crippen LogP contribution in [0.1, 0.15) is 5.56 Å². The van der Waals surface area contributed by atoms with Gasteiger partial charge >= 0.3 is 0 Å². The molecule has 4 aromatic rings. The Balaban J connectivity index is 0.00000256. The molecule has 0 fully saturated rings. The highest BCUT2D eigenvalue weighted by Gasteiger charge is 2.11. The Morgan fingerprint density at radius 2 is 1.43 bits per heavy atom. The van der Waals surface area contributed by atoms with Crippen LogP contribution in [0.3, 0.4) is 0 Å². The number of hydrogen-bond donors (Lipinski definition) is 1. The van der Waals surface area contributed by atoms with Crippen molar-refractivity contribution in [1.82, 2.24) is 9.13 Å². The summed E-state index contributed by atoms with van der Waals surface area (Å²) in [5, 5.41) is 8.75. The molecule has 0 bridgehead atoms. The van der Waals surface area contributed by atoms with Gasteiger partial charge in [0.1, 0.15) is 18.1 Å². The maximum Gasteiger partial charge on any atom is 0.203 e. The summed E-state index contributed by atoms with van der Waals surface area (Å²) in [7, 11) is 1.65. The van der Waals surface area contributed by atoms with Gasteiger partial charge in [-0.05, 0) is 54.1 Å². The summed E-state index contributed by atoms with van der Waals surface area (Å²) in [6.45, 7) is 1.73. The Bertz CT molecular complexity index is 1170. The van der Waals surface area contributed by atoms with Crippen molar-refractivity contribution in [3.8, 4) is 11.5 Å². The third kappa shape index (κ3) is 4.79. The third-order valence-corrected chi connectivity index (χ3v) is 5.40. The molecule has 0 unspecified atom stereocenters. The summed E-state index contributed by atoms with van der Waals surface area (Å²) in [4.78, 5) is 0. The molecule has 0 spiro atoms. The fourth-order valence-corrected chi connectivity index (χ4v) is 3.64. The molecule has 0 radical (unpaired) electrons. The van der Waals surface area contributed by atoms with Crippen LogP contribution in [0, 0.1) is 5.41 Å². The predicted molar refractivity (Wildman–Crippen MR) is 128 cm³/mol. The molecule has 30 heavy (non-hydrogen) atoms. The maximum atomic E-state index is 8.75. The average Bonchev–Trinajstić information content (AvgIpc) is 3.02. The van der Waals surface area contributed by atoms with Crippen LogP contribution in [-0.2, 0) is 13.1 Å². The first kappa shape index (κ1) is 22.2. The second-order valence-corrected chi connectivity index (χ2v) is 7.62. The molecule has 0 amide bonds. The molecule has 156 valence electrons. The van der Waals surface area contributed by atoms with E-state index in [1.54, 1.807) is 7.11 Å². The van der Waals surface area contributed by atoms with E-state index in [0.717, 1.165) is 32.6 Å². The van der Waals surface area contributed by atoms with Crippen LogP contribution in [0.5, 0.6) is 11.5 Å².